The molecule has 2 amide bonds. The van der Waals surface area contributed by atoms with E-state index < -0.39 is 22.5 Å². The maximum absolute atomic E-state index is 12.8. The molecule has 1 atom stereocenters. The van der Waals surface area contributed by atoms with E-state index in [0.29, 0.717) is 0 Å². The minimum Gasteiger partial charge on any atom is -0.358 e. The van der Waals surface area contributed by atoms with E-state index in [1.54, 1.807) is 6.07 Å². The molecule has 1 aliphatic rings. The summed E-state index contributed by atoms with van der Waals surface area (Å²) in [6.07, 6.45) is 1.84. The number of para-hydroxylation sites is 1. The Morgan fingerprint density at radius 2 is 2.04 bits per heavy atom. The lowest BCUT2D eigenvalue weighted by atomic mass is 10.1. The third-order valence-electron chi connectivity index (χ3n) is 3.39. The predicted molar refractivity (Wildman–Crippen MR) is 77.5 cm³/mol. The first-order chi connectivity index (χ1) is 11.3. The SMILES string of the molecule is O=C1CCC(n2cc(-c3ccccc3OS(=O)(=O)F)nn2)C(=O)N1. The van der Waals surface area contributed by atoms with Gasteiger partial charge in [-0.05, 0) is 18.6 Å². The van der Waals surface area contributed by atoms with Gasteiger partial charge in [-0.15, -0.1) is 5.10 Å². The largest absolute Gasteiger partial charge is 0.488 e. The number of nitrogens with one attached hydrogen (secondary N) is 1. The minimum atomic E-state index is -5.19. The topological polar surface area (TPSA) is 120 Å². The summed E-state index contributed by atoms with van der Waals surface area (Å²) in [4.78, 5) is 23.0. The average Bonchev–Trinajstić information content (AvgIpc) is 2.95. The molecule has 0 bridgehead atoms. The Bertz CT molecular complexity index is 911. The molecule has 126 valence electrons. The highest BCUT2D eigenvalue weighted by molar-refractivity contribution is 7.81. The number of nitrogens with zero attached hydrogens (tertiary/aromatic N) is 3. The summed E-state index contributed by atoms with van der Waals surface area (Å²) in [7, 11) is -5.19. The van der Waals surface area contributed by atoms with Gasteiger partial charge in [-0.1, -0.05) is 21.2 Å². The molecule has 0 radical (unpaired) electrons. The van der Waals surface area contributed by atoms with Crippen molar-refractivity contribution in [3.63, 3.8) is 0 Å². The molecule has 11 heteroatoms. The fourth-order valence-electron chi connectivity index (χ4n) is 2.35. The van der Waals surface area contributed by atoms with Crippen molar-refractivity contribution in [3.8, 4) is 17.0 Å². The van der Waals surface area contributed by atoms with E-state index >= 15 is 0 Å². The Morgan fingerprint density at radius 3 is 2.75 bits per heavy atom. The molecule has 1 saturated heterocycles. The molecule has 9 nitrogen and oxygen atoms in total. The van der Waals surface area contributed by atoms with Gasteiger partial charge in [0.15, 0.2) is 5.75 Å². The van der Waals surface area contributed by atoms with Crippen LogP contribution in [0.3, 0.4) is 0 Å². The quantitative estimate of drug-likeness (QED) is 0.627. The Hall–Kier alpha value is -2.82. The van der Waals surface area contributed by atoms with Crippen LogP contribution in [0.25, 0.3) is 11.3 Å². The van der Waals surface area contributed by atoms with Gasteiger partial charge >= 0.3 is 10.5 Å². The zero-order valence-corrected chi connectivity index (χ0v) is 12.9. The second-order valence-electron chi connectivity index (χ2n) is 5.02. The van der Waals surface area contributed by atoms with E-state index in [2.05, 4.69) is 19.8 Å². The van der Waals surface area contributed by atoms with Gasteiger partial charge < -0.3 is 4.18 Å². The van der Waals surface area contributed by atoms with Crippen LogP contribution in [0, 0.1) is 0 Å². The van der Waals surface area contributed by atoms with Crippen LogP contribution in [0.5, 0.6) is 5.75 Å². The summed E-state index contributed by atoms with van der Waals surface area (Å²) in [5, 5.41) is 9.88. The molecule has 1 N–H and O–H groups in total. The second-order valence-corrected chi connectivity index (χ2v) is 5.98. The number of carbonyl (C=O) groups excluding carboxylic acids is 2. The van der Waals surface area contributed by atoms with Gasteiger partial charge in [-0.2, -0.15) is 8.42 Å². The Morgan fingerprint density at radius 1 is 1.29 bits per heavy atom. The number of piperidine rings is 1. The van der Waals surface area contributed by atoms with Crippen LogP contribution in [0.4, 0.5) is 3.89 Å². The van der Waals surface area contributed by atoms with Crippen molar-refractivity contribution >= 4 is 22.3 Å². The fraction of sp³-hybridized carbons (Fsp3) is 0.231. The third kappa shape index (κ3) is 3.40. The maximum atomic E-state index is 12.8. The number of aromatic nitrogens is 3. The number of carbonyl (C=O) groups is 2. The number of imide groups is 1. The monoisotopic (exact) mass is 354 g/mol. The van der Waals surface area contributed by atoms with Gasteiger partial charge in [0.2, 0.25) is 5.91 Å². The lowest BCUT2D eigenvalue weighted by molar-refractivity contribution is -0.136. The highest BCUT2D eigenvalue weighted by atomic mass is 32.3. The molecule has 1 unspecified atom stereocenters. The molecule has 1 fully saturated rings. The van der Waals surface area contributed by atoms with Gasteiger partial charge in [-0.25, -0.2) is 4.68 Å². The van der Waals surface area contributed by atoms with Gasteiger partial charge in [-0.3, -0.25) is 14.9 Å². The summed E-state index contributed by atoms with van der Waals surface area (Å²) in [5.41, 5.74) is 0.385. The number of hydrogen-bond donors (Lipinski definition) is 1. The van der Waals surface area contributed by atoms with Gasteiger partial charge in [0.1, 0.15) is 11.7 Å². The second kappa shape index (κ2) is 6.00. The molecular formula is C13H11FN4O5S. The highest BCUT2D eigenvalue weighted by Crippen LogP contribution is 2.30. The molecule has 24 heavy (non-hydrogen) atoms. The lowest BCUT2D eigenvalue weighted by Gasteiger charge is -2.20. The number of rotatable bonds is 4. The zero-order valence-electron chi connectivity index (χ0n) is 12.0. The Balaban J connectivity index is 1.92. The Labute approximate surface area is 135 Å². The molecule has 2 heterocycles. The number of halogens is 1. The van der Waals surface area contributed by atoms with Crippen molar-refractivity contribution in [2.24, 2.45) is 0 Å². The predicted octanol–water partition coefficient (Wildman–Crippen LogP) is 0.516. The van der Waals surface area contributed by atoms with Crippen molar-refractivity contribution in [1.82, 2.24) is 20.3 Å². The smallest absolute Gasteiger partial charge is 0.358 e. The van der Waals surface area contributed by atoms with E-state index in [9.17, 15) is 21.9 Å². The third-order valence-corrected chi connectivity index (χ3v) is 3.77. The molecule has 1 aromatic heterocycles. The number of hydrogen-bond acceptors (Lipinski definition) is 7. The van der Waals surface area contributed by atoms with Crippen LogP contribution >= 0.6 is 0 Å². The van der Waals surface area contributed by atoms with E-state index in [-0.39, 0.29) is 35.8 Å². The summed E-state index contributed by atoms with van der Waals surface area (Å²) in [6, 6.07) is 5.07. The maximum Gasteiger partial charge on any atom is 0.488 e. The first kappa shape index (κ1) is 16.1. The fourth-order valence-corrected chi connectivity index (χ4v) is 2.70. The van der Waals surface area contributed by atoms with E-state index in [0.717, 1.165) is 0 Å². The van der Waals surface area contributed by atoms with E-state index in [4.69, 9.17) is 0 Å². The van der Waals surface area contributed by atoms with Gasteiger partial charge in [0, 0.05) is 12.0 Å². The summed E-state index contributed by atoms with van der Waals surface area (Å²) < 4.78 is 39.7. The standard InChI is InChI=1S/C13H11FN4O5S/c14-24(21,22)23-11-4-2-1-3-8(11)9-7-18(17-16-9)10-5-6-12(19)15-13(10)20/h1-4,7,10H,5-6H2,(H,15,19,20). The average molecular weight is 354 g/mol. The van der Waals surface area contributed by atoms with E-state index in [1.165, 1.54) is 29.1 Å². The van der Waals surface area contributed by atoms with Crippen molar-refractivity contribution in [1.29, 1.82) is 0 Å². The van der Waals surface area contributed by atoms with Crippen LogP contribution in [-0.4, -0.2) is 35.2 Å². The molecular weight excluding hydrogens is 343 g/mol. The summed E-state index contributed by atoms with van der Waals surface area (Å²) >= 11 is 0. The first-order valence-electron chi connectivity index (χ1n) is 6.82. The van der Waals surface area contributed by atoms with Gasteiger partial charge in [0.05, 0.1) is 6.20 Å². The van der Waals surface area contributed by atoms with Crippen LogP contribution in [0.1, 0.15) is 18.9 Å². The van der Waals surface area contributed by atoms with Crippen molar-refractivity contribution in [3.05, 3.63) is 30.5 Å². The van der Waals surface area contributed by atoms with Gasteiger partial charge in [0.25, 0.3) is 5.91 Å². The Kier molecular flexibility index (Phi) is 4.01. The highest BCUT2D eigenvalue weighted by Gasteiger charge is 2.29. The lowest BCUT2D eigenvalue weighted by Crippen LogP contribution is -2.41. The first-order valence-corrected chi connectivity index (χ1v) is 8.13. The van der Waals surface area contributed by atoms with Crippen molar-refractivity contribution in [2.75, 3.05) is 0 Å². The number of benzene rings is 1. The van der Waals surface area contributed by atoms with Crippen molar-refractivity contribution in [2.45, 2.75) is 18.9 Å². The zero-order chi connectivity index (χ0) is 17.3. The summed E-state index contributed by atoms with van der Waals surface area (Å²) in [6.45, 7) is 0. The normalized spacial score (nSPS) is 18.3. The van der Waals surface area contributed by atoms with Crippen LogP contribution in [0.2, 0.25) is 0 Å². The van der Waals surface area contributed by atoms with Crippen molar-refractivity contribution < 1.29 is 26.1 Å². The van der Waals surface area contributed by atoms with Crippen LogP contribution in [-0.2, 0) is 20.1 Å². The summed E-state index contributed by atoms with van der Waals surface area (Å²) in [5.74, 6) is -1.11. The number of amides is 2. The van der Waals surface area contributed by atoms with E-state index in [1.807, 2.05) is 0 Å². The molecule has 1 aliphatic heterocycles. The molecule has 2 aromatic rings. The van der Waals surface area contributed by atoms with Crippen LogP contribution < -0.4 is 9.50 Å². The molecule has 0 aliphatic carbocycles. The van der Waals surface area contributed by atoms with Crippen LogP contribution in [0.15, 0.2) is 30.5 Å². The molecule has 0 spiro atoms. The molecule has 3 rings (SSSR count). The minimum absolute atomic E-state index is 0.172. The molecule has 0 saturated carbocycles. The molecule has 1 aromatic carbocycles.